The van der Waals surface area contributed by atoms with Gasteiger partial charge in [0.05, 0.1) is 11.5 Å². The molecule has 3 rings (SSSR count). The van der Waals surface area contributed by atoms with E-state index in [1.54, 1.807) is 12.1 Å². The summed E-state index contributed by atoms with van der Waals surface area (Å²) in [5, 5.41) is 29.1. The van der Waals surface area contributed by atoms with Crippen molar-refractivity contribution in [3.05, 3.63) is 29.3 Å². The van der Waals surface area contributed by atoms with Gasteiger partial charge in [0.15, 0.2) is 0 Å². The highest BCUT2D eigenvalue weighted by molar-refractivity contribution is 6.47. The zero-order valence-corrected chi connectivity index (χ0v) is 16.8. The van der Waals surface area contributed by atoms with Crippen LogP contribution in [0.2, 0.25) is 0 Å². The van der Waals surface area contributed by atoms with E-state index in [1.807, 2.05) is 7.05 Å². The van der Waals surface area contributed by atoms with E-state index in [-0.39, 0.29) is 17.2 Å². The Morgan fingerprint density at radius 1 is 1.21 bits per heavy atom. The van der Waals surface area contributed by atoms with Gasteiger partial charge in [-0.2, -0.15) is 0 Å². The van der Waals surface area contributed by atoms with Gasteiger partial charge in [0.25, 0.3) is 0 Å². The summed E-state index contributed by atoms with van der Waals surface area (Å²) in [4.78, 5) is 23.8. The lowest BCUT2D eigenvalue weighted by Crippen LogP contribution is -2.53. The van der Waals surface area contributed by atoms with Gasteiger partial charge in [-0.15, -0.1) is 0 Å². The van der Waals surface area contributed by atoms with Crippen LogP contribution in [0.5, 0.6) is 5.75 Å². The van der Waals surface area contributed by atoms with Crippen LogP contribution in [0.1, 0.15) is 48.0 Å². The lowest BCUT2D eigenvalue weighted by molar-refractivity contribution is -0.122. The van der Waals surface area contributed by atoms with Crippen molar-refractivity contribution in [2.75, 3.05) is 20.1 Å². The maximum atomic E-state index is 12.5. The van der Waals surface area contributed by atoms with E-state index in [0.717, 1.165) is 38.8 Å². The van der Waals surface area contributed by atoms with Crippen LogP contribution in [-0.2, 0) is 11.2 Å². The molecule has 9 heteroatoms. The molecule has 1 amide bonds. The summed E-state index contributed by atoms with van der Waals surface area (Å²) in [7, 11) is 0.675. The Morgan fingerprint density at radius 3 is 2.66 bits per heavy atom. The normalized spacial score (nSPS) is 23.8. The van der Waals surface area contributed by atoms with E-state index >= 15 is 0 Å². The third kappa shape index (κ3) is 5.71. The standard InChI is InChI=1S/C20H30BN3O5/c1-22-9-10-23-15-7-5-13(6-8-15)11-18(25)24-17-12-14-3-2-4-16(20(26)27)19(14)29-21(17)28/h2-4,13,15,17,22-23,28H,5-12H2,1H3,(H,24,25)(H,26,27)/t13-,15-,17-/m0/s1. The number of hydrogen-bond donors (Lipinski definition) is 5. The number of aromatic carboxylic acids is 1. The smallest absolute Gasteiger partial charge is 0.534 e. The second-order valence-electron chi connectivity index (χ2n) is 7.96. The van der Waals surface area contributed by atoms with Gasteiger partial charge in [-0.25, -0.2) is 4.79 Å². The van der Waals surface area contributed by atoms with E-state index in [4.69, 9.17) is 4.65 Å². The number of carboxylic acid groups (broad SMARTS) is 1. The summed E-state index contributed by atoms with van der Waals surface area (Å²) < 4.78 is 5.44. The summed E-state index contributed by atoms with van der Waals surface area (Å²) in [5.41, 5.74) is 0.695. The van der Waals surface area contributed by atoms with E-state index in [2.05, 4.69) is 16.0 Å². The number of nitrogens with one attached hydrogen (secondary N) is 3. The first-order valence-corrected chi connectivity index (χ1v) is 10.3. The molecule has 0 unspecified atom stereocenters. The molecule has 2 aliphatic rings. The zero-order valence-electron chi connectivity index (χ0n) is 16.8. The second-order valence-corrected chi connectivity index (χ2v) is 7.96. The highest BCUT2D eigenvalue weighted by Crippen LogP contribution is 2.31. The average molecular weight is 403 g/mol. The van der Waals surface area contributed by atoms with Crippen LogP contribution < -0.4 is 20.6 Å². The fraction of sp³-hybridized carbons (Fsp3) is 0.600. The van der Waals surface area contributed by atoms with Gasteiger partial charge < -0.3 is 30.7 Å². The Labute approximate surface area is 171 Å². The quantitative estimate of drug-likeness (QED) is 0.318. The Morgan fingerprint density at radius 2 is 1.97 bits per heavy atom. The number of fused-ring (bicyclic) bond motifs is 1. The average Bonchev–Trinajstić information content (AvgIpc) is 2.69. The minimum Gasteiger partial charge on any atom is -0.534 e. The molecule has 1 saturated carbocycles. The Hall–Kier alpha value is -2.10. The third-order valence-corrected chi connectivity index (χ3v) is 5.82. The molecule has 0 aromatic heterocycles. The first-order chi connectivity index (χ1) is 14.0. The van der Waals surface area contributed by atoms with E-state index < -0.39 is 19.0 Å². The van der Waals surface area contributed by atoms with Gasteiger partial charge in [0.1, 0.15) is 5.75 Å². The van der Waals surface area contributed by atoms with Gasteiger partial charge >= 0.3 is 13.1 Å². The molecule has 29 heavy (non-hydrogen) atoms. The lowest BCUT2D eigenvalue weighted by atomic mass is 9.72. The minimum atomic E-state index is -1.26. The van der Waals surface area contributed by atoms with Crippen LogP contribution in [0, 0.1) is 5.92 Å². The van der Waals surface area contributed by atoms with Gasteiger partial charge in [0.2, 0.25) is 5.91 Å². The minimum absolute atomic E-state index is 0.0198. The van der Waals surface area contributed by atoms with Crippen LogP contribution in [-0.4, -0.2) is 61.2 Å². The van der Waals surface area contributed by atoms with Crippen LogP contribution in [0.15, 0.2) is 18.2 Å². The van der Waals surface area contributed by atoms with Crippen molar-refractivity contribution in [2.24, 2.45) is 5.92 Å². The maximum absolute atomic E-state index is 12.5. The van der Waals surface area contributed by atoms with Crippen LogP contribution in [0.4, 0.5) is 0 Å². The predicted octanol–water partition coefficient (Wildman–Crippen LogP) is 0.582. The molecule has 1 aliphatic heterocycles. The molecule has 0 saturated heterocycles. The number of para-hydroxylation sites is 1. The molecule has 1 heterocycles. The van der Waals surface area contributed by atoms with Crippen molar-refractivity contribution in [2.45, 2.75) is 50.5 Å². The molecule has 158 valence electrons. The first-order valence-electron chi connectivity index (χ1n) is 10.3. The molecule has 1 aromatic rings. The lowest BCUT2D eigenvalue weighted by Gasteiger charge is -2.31. The zero-order chi connectivity index (χ0) is 20.8. The Balaban J connectivity index is 1.48. The Kier molecular flexibility index (Phi) is 7.52. The molecule has 1 aliphatic carbocycles. The summed E-state index contributed by atoms with van der Waals surface area (Å²) >= 11 is 0. The second kappa shape index (κ2) is 10.1. The number of amides is 1. The molecule has 0 spiro atoms. The van der Waals surface area contributed by atoms with Gasteiger partial charge in [0, 0.05) is 25.6 Å². The van der Waals surface area contributed by atoms with Crippen LogP contribution in [0.3, 0.4) is 0 Å². The largest absolute Gasteiger partial charge is 0.547 e. The SMILES string of the molecule is CNCCN[C@H]1CC[C@H](CC(=O)N[C@H]2Cc3cccc(C(=O)O)c3OB2O)CC1. The van der Waals surface area contributed by atoms with E-state index in [1.165, 1.54) is 6.07 Å². The van der Waals surface area contributed by atoms with Gasteiger partial charge in [-0.3, -0.25) is 4.79 Å². The molecular formula is C20H30BN3O5. The Bertz CT molecular complexity index is 724. The topological polar surface area (TPSA) is 120 Å². The van der Waals surface area contributed by atoms with Gasteiger partial charge in [-0.05, 0) is 56.7 Å². The number of carbonyl (C=O) groups excluding carboxylic acids is 1. The molecule has 1 aromatic carbocycles. The van der Waals surface area contributed by atoms with Crippen molar-refractivity contribution < 1.29 is 24.4 Å². The molecule has 5 N–H and O–H groups in total. The maximum Gasteiger partial charge on any atom is 0.547 e. The number of carboxylic acids is 1. The summed E-state index contributed by atoms with van der Waals surface area (Å²) in [6.07, 6.45) is 4.95. The first kappa shape index (κ1) is 21.6. The fourth-order valence-corrected chi connectivity index (χ4v) is 4.22. The highest BCUT2D eigenvalue weighted by atomic mass is 16.5. The van der Waals surface area contributed by atoms with Crippen molar-refractivity contribution in [3.8, 4) is 5.75 Å². The molecule has 1 fully saturated rings. The summed E-state index contributed by atoms with van der Waals surface area (Å²) in [6.45, 7) is 1.90. The third-order valence-electron chi connectivity index (χ3n) is 5.82. The predicted molar refractivity (Wildman–Crippen MR) is 110 cm³/mol. The number of rotatable bonds is 8. The van der Waals surface area contributed by atoms with Crippen molar-refractivity contribution in [1.82, 2.24) is 16.0 Å². The monoisotopic (exact) mass is 403 g/mol. The van der Waals surface area contributed by atoms with Crippen molar-refractivity contribution >= 4 is 19.0 Å². The molecule has 0 radical (unpaired) electrons. The number of benzene rings is 1. The van der Waals surface area contributed by atoms with E-state index in [9.17, 15) is 19.7 Å². The molecular weight excluding hydrogens is 373 g/mol. The molecule has 1 atom stereocenters. The summed E-state index contributed by atoms with van der Waals surface area (Å²) in [6, 6.07) is 5.37. The highest BCUT2D eigenvalue weighted by Gasteiger charge is 2.38. The number of carbonyl (C=O) groups is 2. The molecule has 8 nitrogen and oxygen atoms in total. The van der Waals surface area contributed by atoms with Crippen LogP contribution >= 0.6 is 0 Å². The van der Waals surface area contributed by atoms with Gasteiger partial charge in [-0.1, -0.05) is 12.1 Å². The fourth-order valence-electron chi connectivity index (χ4n) is 4.22. The van der Waals surface area contributed by atoms with E-state index in [0.29, 0.717) is 30.4 Å². The molecule has 0 bridgehead atoms. The number of hydrogen-bond acceptors (Lipinski definition) is 6. The van der Waals surface area contributed by atoms with Crippen molar-refractivity contribution in [3.63, 3.8) is 0 Å². The summed E-state index contributed by atoms with van der Waals surface area (Å²) in [5.74, 6) is -1.25. The van der Waals surface area contributed by atoms with Crippen molar-refractivity contribution in [1.29, 1.82) is 0 Å². The van der Waals surface area contributed by atoms with Crippen LogP contribution in [0.25, 0.3) is 0 Å². The number of likely N-dealkylation sites (N-methyl/N-ethyl adjacent to an activating group) is 1.